The Hall–Kier alpha value is -0.280. The molecular weight excluding hydrogens is 140 g/mol. The summed E-state index contributed by atoms with van der Waals surface area (Å²) < 4.78 is 0. The molecule has 3 nitrogen and oxygen atoms in total. The van der Waals surface area contributed by atoms with Gasteiger partial charge in [0.15, 0.2) is 0 Å². The van der Waals surface area contributed by atoms with Gasteiger partial charge in [0.05, 0.1) is 0 Å². The lowest BCUT2D eigenvalue weighted by atomic mass is 10.8. The highest BCUT2D eigenvalue weighted by molar-refractivity contribution is 6.27. The van der Waals surface area contributed by atoms with Gasteiger partial charge in [-0.15, -0.1) is 11.6 Å². The molecule has 0 spiro atoms. The molecule has 4 heteroatoms. The summed E-state index contributed by atoms with van der Waals surface area (Å²) in [6.07, 6.45) is 0. The van der Waals surface area contributed by atoms with Crippen LogP contribution in [-0.2, 0) is 4.79 Å². The third kappa shape index (κ3) is 85.4. The Morgan fingerprint density at radius 2 is 1.67 bits per heavy atom. The molecule has 0 bridgehead atoms. The molecule has 0 heterocycles. The van der Waals surface area contributed by atoms with E-state index in [-0.39, 0.29) is 5.88 Å². The first-order valence-corrected chi connectivity index (χ1v) is 2.99. The third-order valence-corrected chi connectivity index (χ3v) is 0.395. The lowest BCUT2D eigenvalue weighted by Crippen LogP contribution is -2.10. The Labute approximate surface area is 60.8 Å². The number of carbonyl (C=O) groups excluding carboxylic acids is 1. The molecule has 0 aromatic heterocycles. The summed E-state index contributed by atoms with van der Waals surface area (Å²) >= 11 is 4.86. The van der Waals surface area contributed by atoms with Crippen molar-refractivity contribution in [2.45, 2.75) is 0 Å². The first-order chi connectivity index (χ1) is 4.00. The van der Waals surface area contributed by atoms with Crippen LogP contribution in [0, 0.1) is 0 Å². The molecule has 0 aliphatic rings. The highest BCUT2D eigenvalue weighted by atomic mass is 35.5. The number of amides is 1. The van der Waals surface area contributed by atoms with E-state index < -0.39 is 5.91 Å². The van der Waals surface area contributed by atoms with Crippen molar-refractivity contribution in [1.82, 2.24) is 4.90 Å². The largest absolute Gasteiger partial charge is 0.369 e. The number of nitrogens with two attached hydrogens (primary N) is 1. The number of hydrogen-bond donors (Lipinski definition) is 1. The number of alkyl halides is 1. The molecule has 0 aliphatic heterocycles. The minimum atomic E-state index is -0.480. The first kappa shape index (κ1) is 11.5. The third-order valence-electron chi connectivity index (χ3n) is 0.132. The molecule has 0 radical (unpaired) electrons. The summed E-state index contributed by atoms with van der Waals surface area (Å²) in [6.45, 7) is 0. The number of rotatable bonds is 1. The van der Waals surface area contributed by atoms with Crippen LogP contribution in [0.2, 0.25) is 0 Å². The summed E-state index contributed by atoms with van der Waals surface area (Å²) in [5, 5.41) is 0. The SMILES string of the molecule is CN(C)C.NC(=O)CCl. The average Bonchev–Trinajstić information content (AvgIpc) is 1.65. The van der Waals surface area contributed by atoms with E-state index in [0.717, 1.165) is 0 Å². The number of nitrogens with zero attached hydrogens (tertiary/aromatic N) is 1. The van der Waals surface area contributed by atoms with Crippen molar-refractivity contribution in [3.63, 3.8) is 0 Å². The maximum Gasteiger partial charge on any atom is 0.232 e. The lowest BCUT2D eigenvalue weighted by molar-refractivity contribution is -0.115. The molecule has 0 aliphatic carbocycles. The maximum absolute atomic E-state index is 9.46. The number of carbonyl (C=O) groups is 1. The van der Waals surface area contributed by atoms with Crippen molar-refractivity contribution in [2.24, 2.45) is 5.73 Å². The summed E-state index contributed by atoms with van der Waals surface area (Å²) in [5.41, 5.74) is 4.52. The van der Waals surface area contributed by atoms with Crippen molar-refractivity contribution in [2.75, 3.05) is 27.0 Å². The van der Waals surface area contributed by atoms with Gasteiger partial charge in [0, 0.05) is 0 Å². The molecule has 0 saturated heterocycles. The topological polar surface area (TPSA) is 46.3 Å². The van der Waals surface area contributed by atoms with E-state index in [4.69, 9.17) is 11.6 Å². The van der Waals surface area contributed by atoms with E-state index in [1.54, 1.807) is 0 Å². The number of halogens is 1. The average molecular weight is 153 g/mol. The molecule has 0 aromatic rings. The zero-order valence-corrected chi connectivity index (χ0v) is 6.77. The molecule has 2 N–H and O–H groups in total. The quantitative estimate of drug-likeness (QED) is 0.533. The standard InChI is InChI=1S/C3H9N.C2H4ClNO/c1-4(2)3;3-1-2(4)5/h1-3H3;1H2,(H2,4,5). The van der Waals surface area contributed by atoms with Crippen LogP contribution in [0.3, 0.4) is 0 Å². The number of primary amides is 1. The molecule has 0 fully saturated rings. The van der Waals surface area contributed by atoms with Crippen LogP contribution < -0.4 is 5.73 Å². The van der Waals surface area contributed by atoms with Crippen LogP contribution in [0.1, 0.15) is 0 Å². The van der Waals surface area contributed by atoms with E-state index >= 15 is 0 Å². The van der Waals surface area contributed by atoms with Crippen molar-refractivity contribution in [3.05, 3.63) is 0 Å². The van der Waals surface area contributed by atoms with E-state index in [1.165, 1.54) is 0 Å². The first-order valence-electron chi connectivity index (χ1n) is 2.46. The van der Waals surface area contributed by atoms with Crippen molar-refractivity contribution < 1.29 is 4.79 Å². The van der Waals surface area contributed by atoms with Crippen LogP contribution in [0.5, 0.6) is 0 Å². The molecule has 0 unspecified atom stereocenters. The van der Waals surface area contributed by atoms with Gasteiger partial charge < -0.3 is 10.6 Å². The molecule has 0 rings (SSSR count). The van der Waals surface area contributed by atoms with E-state index in [9.17, 15) is 4.79 Å². The number of hydrogen-bond acceptors (Lipinski definition) is 2. The van der Waals surface area contributed by atoms with Gasteiger partial charge in [0.2, 0.25) is 5.91 Å². The molecule has 0 aromatic carbocycles. The normalized spacial score (nSPS) is 8.11. The Kier molecular flexibility index (Phi) is 9.87. The van der Waals surface area contributed by atoms with Gasteiger partial charge in [0.25, 0.3) is 0 Å². The van der Waals surface area contributed by atoms with Gasteiger partial charge >= 0.3 is 0 Å². The maximum atomic E-state index is 9.46. The lowest BCUT2D eigenvalue weighted by Gasteiger charge is -1.90. The summed E-state index contributed by atoms with van der Waals surface area (Å²) in [6, 6.07) is 0. The Bertz CT molecular complexity index is 72.6. The second-order valence-electron chi connectivity index (χ2n) is 1.94. The van der Waals surface area contributed by atoms with Gasteiger partial charge in [0.1, 0.15) is 5.88 Å². The highest BCUT2D eigenvalue weighted by Crippen LogP contribution is 1.64. The minimum absolute atomic E-state index is 0.0833. The molecular formula is C5H13ClN2O. The Balaban J connectivity index is 0. The van der Waals surface area contributed by atoms with Crippen LogP contribution in [0.4, 0.5) is 0 Å². The predicted molar refractivity (Wildman–Crippen MR) is 39.5 cm³/mol. The summed E-state index contributed by atoms with van der Waals surface area (Å²) in [4.78, 5) is 11.5. The van der Waals surface area contributed by atoms with Crippen molar-refractivity contribution >= 4 is 17.5 Å². The van der Waals surface area contributed by atoms with Gasteiger partial charge in [-0.2, -0.15) is 0 Å². The van der Waals surface area contributed by atoms with Gasteiger partial charge in [-0.05, 0) is 21.1 Å². The van der Waals surface area contributed by atoms with Crippen LogP contribution in [0.25, 0.3) is 0 Å². The molecule has 0 atom stereocenters. The highest BCUT2D eigenvalue weighted by Gasteiger charge is 1.79. The predicted octanol–water partition coefficient (Wildman–Crippen LogP) is -0.112. The van der Waals surface area contributed by atoms with Crippen LogP contribution >= 0.6 is 11.6 Å². The minimum Gasteiger partial charge on any atom is -0.369 e. The Morgan fingerprint density at radius 1 is 1.56 bits per heavy atom. The van der Waals surface area contributed by atoms with Crippen molar-refractivity contribution in [3.8, 4) is 0 Å². The second-order valence-corrected chi connectivity index (χ2v) is 2.21. The van der Waals surface area contributed by atoms with E-state index in [2.05, 4.69) is 5.73 Å². The molecule has 1 amide bonds. The molecule has 56 valence electrons. The Morgan fingerprint density at radius 3 is 1.67 bits per heavy atom. The van der Waals surface area contributed by atoms with Gasteiger partial charge in [-0.25, -0.2) is 0 Å². The monoisotopic (exact) mass is 152 g/mol. The summed E-state index contributed by atoms with van der Waals surface area (Å²) in [7, 11) is 6.00. The fourth-order valence-corrected chi connectivity index (χ4v) is 0. The fourth-order valence-electron chi connectivity index (χ4n) is 0. The smallest absolute Gasteiger partial charge is 0.232 e. The van der Waals surface area contributed by atoms with Crippen molar-refractivity contribution in [1.29, 1.82) is 0 Å². The zero-order chi connectivity index (χ0) is 7.86. The van der Waals surface area contributed by atoms with Crippen LogP contribution in [-0.4, -0.2) is 37.8 Å². The van der Waals surface area contributed by atoms with E-state index in [0.29, 0.717) is 0 Å². The summed E-state index contributed by atoms with van der Waals surface area (Å²) in [5.74, 6) is -0.563. The molecule has 9 heavy (non-hydrogen) atoms. The van der Waals surface area contributed by atoms with Gasteiger partial charge in [-0.1, -0.05) is 0 Å². The van der Waals surface area contributed by atoms with Gasteiger partial charge in [-0.3, -0.25) is 4.79 Å². The fraction of sp³-hybridized carbons (Fsp3) is 0.800. The van der Waals surface area contributed by atoms with Crippen LogP contribution in [0.15, 0.2) is 0 Å². The molecule has 0 saturated carbocycles. The van der Waals surface area contributed by atoms with E-state index in [1.807, 2.05) is 26.0 Å². The second kappa shape index (κ2) is 7.72. The zero-order valence-electron chi connectivity index (χ0n) is 6.02.